The highest BCUT2D eigenvalue weighted by molar-refractivity contribution is 8.00. The van der Waals surface area contributed by atoms with E-state index < -0.39 is 0 Å². The molecular weight excluding hydrogens is 292 g/mol. The van der Waals surface area contributed by atoms with Crippen LogP contribution in [0.15, 0.2) is 18.2 Å². The Morgan fingerprint density at radius 2 is 2.40 bits per heavy atom. The minimum atomic E-state index is -0.0835. The first kappa shape index (κ1) is 14.1. The summed E-state index contributed by atoms with van der Waals surface area (Å²) in [6.07, 6.45) is 2.61. The molecule has 20 heavy (non-hydrogen) atoms. The van der Waals surface area contributed by atoms with Gasteiger partial charge < -0.3 is 9.30 Å². The number of hydrogen-bond donors (Lipinski definition) is 0. The Morgan fingerprint density at radius 3 is 3.05 bits per heavy atom. The summed E-state index contributed by atoms with van der Waals surface area (Å²) in [5, 5.41) is 0.600. The molecule has 108 valence electrons. The number of alkyl halides is 1. The minimum Gasteiger partial charge on any atom is -0.497 e. The zero-order valence-electron chi connectivity index (χ0n) is 11.8. The minimum absolute atomic E-state index is 0.0835. The van der Waals surface area contributed by atoms with Crippen molar-refractivity contribution in [2.45, 2.75) is 36.9 Å². The number of halogens is 1. The maximum atomic E-state index is 6.32. The molecule has 2 atom stereocenters. The molecule has 1 fully saturated rings. The molecule has 5 heteroatoms. The molecule has 3 rings (SSSR count). The largest absolute Gasteiger partial charge is 0.497 e. The predicted molar refractivity (Wildman–Crippen MR) is 86.0 cm³/mol. The lowest BCUT2D eigenvalue weighted by molar-refractivity contribution is 0.415. The van der Waals surface area contributed by atoms with Crippen LogP contribution >= 0.6 is 23.4 Å². The lowest BCUT2D eigenvalue weighted by atomic mass is 10.2. The van der Waals surface area contributed by atoms with Crippen molar-refractivity contribution in [1.29, 1.82) is 0 Å². The van der Waals surface area contributed by atoms with Crippen molar-refractivity contribution in [2.75, 3.05) is 12.9 Å². The monoisotopic (exact) mass is 310 g/mol. The number of thioether (sulfide) groups is 1. The van der Waals surface area contributed by atoms with Crippen molar-refractivity contribution in [1.82, 2.24) is 9.55 Å². The summed E-state index contributed by atoms with van der Waals surface area (Å²) in [5.74, 6) is 3.07. The van der Waals surface area contributed by atoms with E-state index in [2.05, 4.69) is 22.4 Å². The number of fused-ring (bicyclic) bond motifs is 1. The van der Waals surface area contributed by atoms with E-state index in [1.807, 2.05) is 19.1 Å². The first-order valence-electron chi connectivity index (χ1n) is 6.99. The maximum absolute atomic E-state index is 6.32. The van der Waals surface area contributed by atoms with Gasteiger partial charge in [-0.25, -0.2) is 4.98 Å². The van der Waals surface area contributed by atoms with Gasteiger partial charge in [0.1, 0.15) is 11.6 Å². The number of methoxy groups -OCH3 is 1. The molecule has 2 heterocycles. The summed E-state index contributed by atoms with van der Waals surface area (Å²) in [6, 6.07) is 6.06. The Balaban J connectivity index is 2.03. The molecule has 0 saturated carbocycles. The maximum Gasteiger partial charge on any atom is 0.127 e. The number of benzene rings is 1. The number of nitrogens with zero attached hydrogens (tertiary/aromatic N) is 2. The van der Waals surface area contributed by atoms with E-state index in [0.29, 0.717) is 5.25 Å². The molecule has 3 nitrogen and oxygen atoms in total. The zero-order chi connectivity index (χ0) is 14.1. The summed E-state index contributed by atoms with van der Waals surface area (Å²) in [7, 11) is 1.68. The van der Waals surface area contributed by atoms with E-state index in [-0.39, 0.29) is 5.38 Å². The molecule has 1 aromatic carbocycles. The van der Waals surface area contributed by atoms with Crippen LogP contribution in [-0.4, -0.2) is 27.7 Å². The highest BCUT2D eigenvalue weighted by atomic mass is 35.5. The summed E-state index contributed by atoms with van der Waals surface area (Å²) >= 11 is 8.38. The van der Waals surface area contributed by atoms with E-state index in [1.54, 1.807) is 7.11 Å². The molecule has 0 bridgehead atoms. The standard InChI is InChI=1S/C15H19ClN2OS/c1-10(16)15-17-13-8-11(19-2)5-6-14(13)18(15)9-12-4-3-7-20-12/h5-6,8,10,12H,3-4,7,9H2,1-2H3. The molecule has 1 aliphatic rings. The van der Waals surface area contributed by atoms with E-state index >= 15 is 0 Å². The highest BCUT2D eigenvalue weighted by Gasteiger charge is 2.21. The summed E-state index contributed by atoms with van der Waals surface area (Å²) in [6.45, 7) is 2.98. The SMILES string of the molecule is COc1ccc2c(c1)nc(C(C)Cl)n2CC1CCCS1. The molecular formula is C15H19ClN2OS. The fourth-order valence-corrected chi connectivity index (χ4v) is 4.16. The lowest BCUT2D eigenvalue weighted by Crippen LogP contribution is -2.13. The van der Waals surface area contributed by atoms with E-state index in [4.69, 9.17) is 21.3 Å². The molecule has 0 N–H and O–H groups in total. The van der Waals surface area contributed by atoms with Gasteiger partial charge in [-0.05, 0) is 37.7 Å². The predicted octanol–water partition coefficient (Wildman–Crippen LogP) is 4.24. The molecule has 2 unspecified atom stereocenters. The lowest BCUT2D eigenvalue weighted by Gasteiger charge is -2.14. The third-order valence-electron chi connectivity index (χ3n) is 3.75. The van der Waals surface area contributed by atoms with Crippen molar-refractivity contribution in [3.05, 3.63) is 24.0 Å². The van der Waals surface area contributed by atoms with Crippen LogP contribution in [0, 0.1) is 0 Å². The van der Waals surface area contributed by atoms with E-state index in [1.165, 1.54) is 18.6 Å². The zero-order valence-corrected chi connectivity index (χ0v) is 13.4. The summed E-state index contributed by atoms with van der Waals surface area (Å²) < 4.78 is 7.57. The Bertz CT molecular complexity index is 605. The number of imidazole rings is 1. The normalized spacial score (nSPS) is 20.4. The Labute approximate surface area is 128 Å². The third kappa shape index (κ3) is 2.63. The van der Waals surface area contributed by atoms with Gasteiger partial charge in [-0.3, -0.25) is 0 Å². The van der Waals surface area contributed by atoms with Crippen LogP contribution in [0.4, 0.5) is 0 Å². The van der Waals surface area contributed by atoms with Crippen LogP contribution in [0.1, 0.15) is 31.0 Å². The fraction of sp³-hybridized carbons (Fsp3) is 0.533. The molecule has 0 spiro atoms. The molecule has 0 aliphatic carbocycles. The molecule has 1 aliphatic heterocycles. The fourth-order valence-electron chi connectivity index (χ4n) is 2.74. The highest BCUT2D eigenvalue weighted by Crippen LogP contribution is 2.32. The second-order valence-electron chi connectivity index (χ2n) is 5.19. The van der Waals surface area contributed by atoms with Gasteiger partial charge in [0.25, 0.3) is 0 Å². The summed E-state index contributed by atoms with van der Waals surface area (Å²) in [4.78, 5) is 4.70. The van der Waals surface area contributed by atoms with Crippen LogP contribution in [0.25, 0.3) is 11.0 Å². The molecule has 1 aromatic heterocycles. The van der Waals surface area contributed by atoms with Crippen molar-refractivity contribution in [3.63, 3.8) is 0 Å². The van der Waals surface area contributed by atoms with E-state index in [0.717, 1.165) is 29.2 Å². The van der Waals surface area contributed by atoms with Crippen LogP contribution in [-0.2, 0) is 6.54 Å². The Hall–Kier alpha value is -0.870. The van der Waals surface area contributed by atoms with Gasteiger partial charge in [0.15, 0.2) is 0 Å². The van der Waals surface area contributed by atoms with Crippen LogP contribution in [0.2, 0.25) is 0 Å². The quantitative estimate of drug-likeness (QED) is 0.790. The van der Waals surface area contributed by atoms with Crippen molar-refractivity contribution in [2.24, 2.45) is 0 Å². The number of aromatic nitrogens is 2. The average molecular weight is 311 g/mol. The van der Waals surface area contributed by atoms with Gasteiger partial charge in [0, 0.05) is 17.9 Å². The number of hydrogen-bond acceptors (Lipinski definition) is 3. The van der Waals surface area contributed by atoms with Crippen LogP contribution in [0.5, 0.6) is 5.75 Å². The first-order chi connectivity index (χ1) is 9.69. The van der Waals surface area contributed by atoms with Crippen molar-refractivity contribution < 1.29 is 4.74 Å². The van der Waals surface area contributed by atoms with Gasteiger partial charge in [-0.2, -0.15) is 11.8 Å². The Morgan fingerprint density at radius 1 is 1.55 bits per heavy atom. The van der Waals surface area contributed by atoms with Crippen molar-refractivity contribution in [3.8, 4) is 5.75 Å². The molecule has 0 amide bonds. The molecule has 2 aromatic rings. The van der Waals surface area contributed by atoms with Gasteiger partial charge in [0.2, 0.25) is 0 Å². The topological polar surface area (TPSA) is 27.1 Å². The van der Waals surface area contributed by atoms with E-state index in [9.17, 15) is 0 Å². The number of ether oxygens (including phenoxy) is 1. The second-order valence-corrected chi connectivity index (χ2v) is 7.25. The van der Waals surface area contributed by atoms with Crippen LogP contribution in [0.3, 0.4) is 0 Å². The summed E-state index contributed by atoms with van der Waals surface area (Å²) in [5.41, 5.74) is 2.12. The smallest absolute Gasteiger partial charge is 0.127 e. The van der Waals surface area contributed by atoms with Gasteiger partial charge >= 0.3 is 0 Å². The van der Waals surface area contributed by atoms with Gasteiger partial charge in [0.05, 0.1) is 23.5 Å². The van der Waals surface area contributed by atoms with Crippen LogP contribution < -0.4 is 4.74 Å². The second kappa shape index (κ2) is 5.86. The van der Waals surface area contributed by atoms with Gasteiger partial charge in [-0.15, -0.1) is 11.6 Å². The Kier molecular flexibility index (Phi) is 4.13. The average Bonchev–Trinajstić information content (AvgIpc) is 3.06. The molecule has 0 radical (unpaired) electrons. The van der Waals surface area contributed by atoms with Crippen molar-refractivity contribution >= 4 is 34.4 Å². The third-order valence-corrected chi connectivity index (χ3v) is 5.33. The van der Waals surface area contributed by atoms with Gasteiger partial charge in [-0.1, -0.05) is 0 Å². The first-order valence-corrected chi connectivity index (χ1v) is 8.47. The molecule has 1 saturated heterocycles. The number of rotatable bonds is 4.